The number of rotatable bonds is 4. The zero-order chi connectivity index (χ0) is 13.8. The van der Waals surface area contributed by atoms with Crippen LogP contribution in [0.4, 0.5) is 10.1 Å². The normalized spacial score (nSPS) is 10.3. The molecule has 0 amide bonds. The summed E-state index contributed by atoms with van der Waals surface area (Å²) in [4.78, 5) is 15.9. The molecular formula is C13H13FN2O2S. The first kappa shape index (κ1) is 13.5. The second-order valence-electron chi connectivity index (χ2n) is 3.89. The number of hydrogen-bond donors (Lipinski definition) is 1. The van der Waals surface area contributed by atoms with E-state index < -0.39 is 11.8 Å². The summed E-state index contributed by atoms with van der Waals surface area (Å²) in [5.74, 6) is -1.05. The standard InChI is InChI=1S/C13H13FN2O2S/c1-8-16-10(7-19-8)6-15-12-4-3-9(14)5-11(12)13(17)18-2/h3-5,7,15H,6H2,1-2H3. The van der Waals surface area contributed by atoms with Gasteiger partial charge in [-0.3, -0.25) is 0 Å². The number of anilines is 1. The van der Waals surface area contributed by atoms with Crippen LogP contribution in [0.15, 0.2) is 23.6 Å². The predicted molar refractivity (Wildman–Crippen MR) is 71.9 cm³/mol. The summed E-state index contributed by atoms with van der Waals surface area (Å²) in [6.45, 7) is 2.39. The maximum atomic E-state index is 13.2. The van der Waals surface area contributed by atoms with Crippen LogP contribution < -0.4 is 5.32 Å². The van der Waals surface area contributed by atoms with E-state index in [9.17, 15) is 9.18 Å². The average molecular weight is 280 g/mol. The van der Waals surface area contributed by atoms with Gasteiger partial charge in [0.2, 0.25) is 0 Å². The summed E-state index contributed by atoms with van der Waals surface area (Å²) in [5, 5.41) is 5.97. The highest BCUT2D eigenvalue weighted by atomic mass is 32.1. The van der Waals surface area contributed by atoms with Crippen LogP contribution in [0.3, 0.4) is 0 Å². The van der Waals surface area contributed by atoms with Gasteiger partial charge in [-0.15, -0.1) is 11.3 Å². The van der Waals surface area contributed by atoms with E-state index in [0.717, 1.165) is 16.8 Å². The minimum Gasteiger partial charge on any atom is -0.465 e. The van der Waals surface area contributed by atoms with Crippen molar-refractivity contribution in [3.8, 4) is 0 Å². The summed E-state index contributed by atoms with van der Waals surface area (Å²) in [6, 6.07) is 3.96. The first-order chi connectivity index (χ1) is 9.10. The molecule has 1 aromatic carbocycles. The van der Waals surface area contributed by atoms with Gasteiger partial charge in [-0.1, -0.05) is 0 Å². The molecule has 0 bridgehead atoms. The Kier molecular flexibility index (Phi) is 4.11. The largest absolute Gasteiger partial charge is 0.465 e. The van der Waals surface area contributed by atoms with E-state index in [2.05, 4.69) is 15.0 Å². The lowest BCUT2D eigenvalue weighted by Gasteiger charge is -2.09. The van der Waals surface area contributed by atoms with Crippen molar-refractivity contribution in [2.75, 3.05) is 12.4 Å². The summed E-state index contributed by atoms with van der Waals surface area (Å²) >= 11 is 1.55. The highest BCUT2D eigenvalue weighted by Crippen LogP contribution is 2.19. The van der Waals surface area contributed by atoms with E-state index in [1.807, 2.05) is 12.3 Å². The Balaban J connectivity index is 2.17. The van der Waals surface area contributed by atoms with Crippen LogP contribution in [0.1, 0.15) is 21.1 Å². The van der Waals surface area contributed by atoms with Gasteiger partial charge in [0.15, 0.2) is 0 Å². The SMILES string of the molecule is COC(=O)c1cc(F)ccc1NCc1csc(C)n1. The Morgan fingerprint density at radius 3 is 2.95 bits per heavy atom. The van der Waals surface area contributed by atoms with Gasteiger partial charge in [0.25, 0.3) is 0 Å². The van der Waals surface area contributed by atoms with Crippen LogP contribution in [-0.4, -0.2) is 18.1 Å². The molecule has 0 atom stereocenters. The fraction of sp³-hybridized carbons (Fsp3) is 0.231. The number of aryl methyl sites for hydroxylation is 1. The number of esters is 1. The number of thiazole rings is 1. The predicted octanol–water partition coefficient (Wildman–Crippen LogP) is 2.99. The van der Waals surface area contributed by atoms with Crippen molar-refractivity contribution < 1.29 is 13.9 Å². The molecule has 0 aliphatic heterocycles. The van der Waals surface area contributed by atoms with Gasteiger partial charge in [-0.2, -0.15) is 0 Å². The van der Waals surface area contributed by atoms with Crippen molar-refractivity contribution in [3.63, 3.8) is 0 Å². The molecule has 0 spiro atoms. The van der Waals surface area contributed by atoms with Crippen molar-refractivity contribution in [1.29, 1.82) is 0 Å². The molecule has 2 aromatic rings. The van der Waals surface area contributed by atoms with Crippen LogP contribution in [-0.2, 0) is 11.3 Å². The number of benzene rings is 1. The third-order valence-corrected chi connectivity index (χ3v) is 3.34. The number of halogens is 1. The minimum atomic E-state index is -0.573. The molecule has 0 aliphatic rings. The van der Waals surface area contributed by atoms with Gasteiger partial charge < -0.3 is 10.1 Å². The van der Waals surface area contributed by atoms with Crippen molar-refractivity contribution in [3.05, 3.63) is 45.7 Å². The first-order valence-electron chi connectivity index (χ1n) is 5.63. The average Bonchev–Trinajstić information content (AvgIpc) is 2.82. The topological polar surface area (TPSA) is 51.2 Å². The number of aromatic nitrogens is 1. The Hall–Kier alpha value is -1.95. The third kappa shape index (κ3) is 3.29. The second-order valence-corrected chi connectivity index (χ2v) is 4.96. The van der Waals surface area contributed by atoms with Gasteiger partial charge in [0, 0.05) is 11.1 Å². The molecule has 2 rings (SSSR count). The van der Waals surface area contributed by atoms with E-state index in [0.29, 0.717) is 12.2 Å². The molecule has 0 saturated heterocycles. The van der Waals surface area contributed by atoms with Crippen LogP contribution in [0.2, 0.25) is 0 Å². The molecule has 1 aromatic heterocycles. The molecule has 19 heavy (non-hydrogen) atoms. The minimum absolute atomic E-state index is 0.175. The quantitative estimate of drug-likeness (QED) is 0.875. The number of methoxy groups -OCH3 is 1. The highest BCUT2D eigenvalue weighted by Gasteiger charge is 2.13. The van der Waals surface area contributed by atoms with Crippen LogP contribution in [0.5, 0.6) is 0 Å². The van der Waals surface area contributed by atoms with Gasteiger partial charge in [0.05, 0.1) is 29.9 Å². The van der Waals surface area contributed by atoms with Crippen molar-refractivity contribution in [2.24, 2.45) is 0 Å². The fourth-order valence-electron chi connectivity index (χ4n) is 1.62. The monoisotopic (exact) mass is 280 g/mol. The Labute approximate surface area is 114 Å². The Bertz CT molecular complexity index is 598. The Morgan fingerprint density at radius 1 is 1.53 bits per heavy atom. The number of hydrogen-bond acceptors (Lipinski definition) is 5. The number of carbonyl (C=O) groups excluding carboxylic acids is 1. The summed E-state index contributed by atoms with van der Waals surface area (Å²) in [6.07, 6.45) is 0. The number of carbonyl (C=O) groups is 1. The lowest BCUT2D eigenvalue weighted by molar-refractivity contribution is 0.0601. The van der Waals surface area contributed by atoms with Crippen LogP contribution in [0, 0.1) is 12.7 Å². The van der Waals surface area contributed by atoms with Gasteiger partial charge in [-0.05, 0) is 25.1 Å². The zero-order valence-electron chi connectivity index (χ0n) is 10.6. The summed E-state index contributed by atoms with van der Waals surface area (Å²) < 4.78 is 17.8. The fourth-order valence-corrected chi connectivity index (χ4v) is 2.24. The third-order valence-electron chi connectivity index (χ3n) is 2.51. The Morgan fingerprint density at radius 2 is 2.32 bits per heavy atom. The molecule has 0 saturated carbocycles. The van der Waals surface area contributed by atoms with Gasteiger partial charge in [-0.25, -0.2) is 14.2 Å². The number of nitrogens with one attached hydrogen (secondary N) is 1. The number of ether oxygens (including phenoxy) is 1. The molecule has 1 heterocycles. The summed E-state index contributed by atoms with van der Waals surface area (Å²) in [5.41, 5.74) is 1.58. The first-order valence-corrected chi connectivity index (χ1v) is 6.51. The van der Waals surface area contributed by atoms with E-state index in [1.165, 1.54) is 19.2 Å². The lowest BCUT2D eigenvalue weighted by atomic mass is 10.1. The van der Waals surface area contributed by atoms with E-state index >= 15 is 0 Å². The van der Waals surface area contributed by atoms with Crippen molar-refractivity contribution in [2.45, 2.75) is 13.5 Å². The lowest BCUT2D eigenvalue weighted by Crippen LogP contribution is -2.09. The molecule has 0 unspecified atom stereocenters. The molecule has 0 fully saturated rings. The van der Waals surface area contributed by atoms with E-state index in [1.54, 1.807) is 11.3 Å². The molecule has 100 valence electrons. The maximum Gasteiger partial charge on any atom is 0.340 e. The molecule has 0 aliphatic carbocycles. The van der Waals surface area contributed by atoms with Gasteiger partial charge >= 0.3 is 5.97 Å². The van der Waals surface area contributed by atoms with Crippen molar-refractivity contribution >= 4 is 23.0 Å². The molecule has 6 heteroatoms. The van der Waals surface area contributed by atoms with E-state index in [-0.39, 0.29) is 5.56 Å². The van der Waals surface area contributed by atoms with Crippen molar-refractivity contribution in [1.82, 2.24) is 4.98 Å². The van der Waals surface area contributed by atoms with Crippen LogP contribution >= 0.6 is 11.3 Å². The molecular weight excluding hydrogens is 267 g/mol. The highest BCUT2D eigenvalue weighted by molar-refractivity contribution is 7.09. The van der Waals surface area contributed by atoms with Gasteiger partial charge in [0.1, 0.15) is 5.82 Å². The van der Waals surface area contributed by atoms with Crippen LogP contribution in [0.25, 0.3) is 0 Å². The second kappa shape index (κ2) is 5.79. The summed E-state index contributed by atoms with van der Waals surface area (Å²) in [7, 11) is 1.26. The number of nitrogens with zero attached hydrogens (tertiary/aromatic N) is 1. The molecule has 1 N–H and O–H groups in total. The maximum absolute atomic E-state index is 13.2. The molecule has 0 radical (unpaired) electrons. The smallest absolute Gasteiger partial charge is 0.340 e. The van der Waals surface area contributed by atoms with E-state index in [4.69, 9.17) is 0 Å². The molecule has 4 nitrogen and oxygen atoms in total. The zero-order valence-corrected chi connectivity index (χ0v) is 11.4.